The molecule has 0 N–H and O–H groups in total. The largest absolute Gasteiger partial charge is 0.386 e. The van der Waals surface area contributed by atoms with Gasteiger partial charge in [-0.25, -0.2) is 9.59 Å². The molecular weight excluding hydrogens is 264 g/mol. The van der Waals surface area contributed by atoms with Gasteiger partial charge in [-0.05, 0) is 58.7 Å². The van der Waals surface area contributed by atoms with Crippen LogP contribution in [-0.4, -0.2) is 11.9 Å². The molecule has 102 valence electrons. The molecule has 0 aromatic heterocycles. The first-order valence-corrected chi connectivity index (χ1v) is 6.80. The lowest BCUT2D eigenvalue weighted by molar-refractivity contribution is 0.0444. The van der Waals surface area contributed by atoms with Gasteiger partial charge in [-0.15, -0.1) is 0 Å². The second kappa shape index (κ2) is 3.92. The first kappa shape index (κ1) is 12.1. The minimum atomic E-state index is -0.554. The van der Waals surface area contributed by atoms with E-state index in [1.54, 1.807) is 12.1 Å². The van der Waals surface area contributed by atoms with E-state index in [4.69, 9.17) is 4.74 Å². The van der Waals surface area contributed by atoms with Gasteiger partial charge in [-0.3, -0.25) is 0 Å². The lowest BCUT2D eigenvalue weighted by atomic mass is 9.90. The molecule has 1 heterocycles. The molecule has 3 aromatic carbocycles. The second-order valence-electron chi connectivity index (χ2n) is 5.42. The molecule has 0 spiro atoms. The predicted molar refractivity (Wildman–Crippen MR) is 80.7 cm³/mol. The molecule has 1 aliphatic heterocycles. The number of fused-ring (bicyclic) bond motifs is 3. The van der Waals surface area contributed by atoms with E-state index in [1.165, 1.54) is 10.8 Å². The van der Waals surface area contributed by atoms with Crippen LogP contribution in [0.15, 0.2) is 36.4 Å². The number of cyclic esters (lactones) is 2. The molecule has 0 bridgehead atoms. The predicted octanol–water partition coefficient (Wildman–Crippen LogP) is 3.92. The Hall–Kier alpha value is -2.68. The maximum Gasteiger partial charge on any atom is 0.346 e. The molecule has 0 atom stereocenters. The zero-order valence-electron chi connectivity index (χ0n) is 11.7. The molecule has 4 rings (SSSR count). The minimum absolute atomic E-state index is 0.366. The van der Waals surface area contributed by atoms with Gasteiger partial charge < -0.3 is 4.74 Å². The van der Waals surface area contributed by atoms with Crippen LogP contribution < -0.4 is 0 Å². The maximum atomic E-state index is 11.7. The zero-order valence-corrected chi connectivity index (χ0v) is 11.7. The first-order valence-electron chi connectivity index (χ1n) is 6.80. The van der Waals surface area contributed by atoms with Crippen molar-refractivity contribution in [1.82, 2.24) is 0 Å². The minimum Gasteiger partial charge on any atom is -0.386 e. The van der Waals surface area contributed by atoms with Gasteiger partial charge in [0.15, 0.2) is 0 Å². The highest BCUT2D eigenvalue weighted by Gasteiger charge is 2.30. The van der Waals surface area contributed by atoms with E-state index in [0.29, 0.717) is 11.1 Å². The van der Waals surface area contributed by atoms with E-state index in [2.05, 4.69) is 12.1 Å². The highest BCUT2D eigenvalue weighted by molar-refractivity contribution is 6.18. The van der Waals surface area contributed by atoms with Crippen LogP contribution in [-0.2, 0) is 4.74 Å². The van der Waals surface area contributed by atoms with E-state index in [0.717, 1.165) is 21.9 Å². The molecule has 3 aromatic rings. The number of hydrogen-bond acceptors (Lipinski definition) is 3. The van der Waals surface area contributed by atoms with Crippen LogP contribution in [0.2, 0.25) is 0 Å². The fourth-order valence-electron chi connectivity index (χ4n) is 3.18. The third-order valence-electron chi connectivity index (χ3n) is 4.33. The van der Waals surface area contributed by atoms with Crippen LogP contribution in [0.3, 0.4) is 0 Å². The standard InChI is InChI=1S/C18H12O3/c1-9-11-5-3-4-6-12(11)10(2)14-8-16-15(7-13(9)14)17(19)21-18(16)20/h3-8H,1-2H3. The molecule has 0 amide bonds. The molecule has 0 saturated heterocycles. The number of benzene rings is 3. The third kappa shape index (κ3) is 1.49. The number of carbonyl (C=O) groups is 2. The fourth-order valence-corrected chi connectivity index (χ4v) is 3.18. The van der Waals surface area contributed by atoms with Gasteiger partial charge in [0.2, 0.25) is 0 Å². The number of rotatable bonds is 0. The van der Waals surface area contributed by atoms with Crippen molar-refractivity contribution in [2.45, 2.75) is 13.8 Å². The van der Waals surface area contributed by atoms with Crippen molar-refractivity contribution in [3.05, 3.63) is 58.7 Å². The highest BCUT2D eigenvalue weighted by Crippen LogP contribution is 2.35. The van der Waals surface area contributed by atoms with Crippen LogP contribution in [0, 0.1) is 13.8 Å². The molecule has 0 aliphatic carbocycles. The normalized spacial score (nSPS) is 13.8. The average Bonchev–Trinajstić information content (AvgIpc) is 2.78. The molecule has 0 fully saturated rings. The Morgan fingerprint density at radius 2 is 1.14 bits per heavy atom. The highest BCUT2D eigenvalue weighted by atomic mass is 16.6. The van der Waals surface area contributed by atoms with Gasteiger partial charge in [0.05, 0.1) is 11.1 Å². The van der Waals surface area contributed by atoms with Crippen molar-refractivity contribution < 1.29 is 14.3 Å². The molecule has 0 saturated carbocycles. The second-order valence-corrected chi connectivity index (χ2v) is 5.42. The van der Waals surface area contributed by atoms with Gasteiger partial charge in [0.1, 0.15) is 0 Å². The monoisotopic (exact) mass is 276 g/mol. The van der Waals surface area contributed by atoms with E-state index in [1.807, 2.05) is 26.0 Å². The summed E-state index contributed by atoms with van der Waals surface area (Å²) in [6.07, 6.45) is 0. The summed E-state index contributed by atoms with van der Waals surface area (Å²) in [6.45, 7) is 4.08. The van der Waals surface area contributed by atoms with Crippen molar-refractivity contribution in [3.8, 4) is 0 Å². The Morgan fingerprint density at radius 1 is 0.714 bits per heavy atom. The zero-order chi connectivity index (χ0) is 14.7. The van der Waals surface area contributed by atoms with Gasteiger partial charge in [-0.2, -0.15) is 0 Å². The van der Waals surface area contributed by atoms with Crippen LogP contribution in [0.1, 0.15) is 31.8 Å². The van der Waals surface area contributed by atoms with E-state index in [-0.39, 0.29) is 0 Å². The lowest BCUT2D eigenvalue weighted by Gasteiger charge is -2.12. The van der Waals surface area contributed by atoms with Crippen LogP contribution >= 0.6 is 0 Å². The fraction of sp³-hybridized carbons (Fsp3) is 0.111. The number of ether oxygens (including phenoxy) is 1. The van der Waals surface area contributed by atoms with Gasteiger partial charge >= 0.3 is 11.9 Å². The summed E-state index contributed by atoms with van der Waals surface area (Å²) < 4.78 is 4.70. The Balaban J connectivity index is 2.24. The van der Waals surface area contributed by atoms with E-state index >= 15 is 0 Å². The summed E-state index contributed by atoms with van der Waals surface area (Å²) in [5.74, 6) is -1.11. The summed E-state index contributed by atoms with van der Waals surface area (Å²) >= 11 is 0. The van der Waals surface area contributed by atoms with Crippen LogP contribution in [0.5, 0.6) is 0 Å². The molecule has 21 heavy (non-hydrogen) atoms. The number of esters is 2. The summed E-state index contributed by atoms with van der Waals surface area (Å²) in [6, 6.07) is 11.7. The Bertz CT molecular complexity index is 889. The molecule has 0 radical (unpaired) electrons. The topological polar surface area (TPSA) is 43.4 Å². The Morgan fingerprint density at radius 3 is 1.57 bits per heavy atom. The summed E-state index contributed by atoms with van der Waals surface area (Å²) in [4.78, 5) is 23.5. The number of aryl methyl sites for hydroxylation is 2. The molecule has 3 heteroatoms. The third-order valence-corrected chi connectivity index (χ3v) is 4.33. The summed E-state index contributed by atoms with van der Waals surface area (Å²) in [5.41, 5.74) is 2.96. The number of hydrogen-bond donors (Lipinski definition) is 0. The molecular formula is C18H12O3. The smallest absolute Gasteiger partial charge is 0.346 e. The average molecular weight is 276 g/mol. The molecule has 1 aliphatic rings. The van der Waals surface area contributed by atoms with Crippen molar-refractivity contribution in [3.63, 3.8) is 0 Å². The Labute approximate surface area is 121 Å². The summed E-state index contributed by atoms with van der Waals surface area (Å²) in [5, 5.41) is 4.33. The molecule has 3 nitrogen and oxygen atoms in total. The van der Waals surface area contributed by atoms with Crippen LogP contribution in [0.25, 0.3) is 21.5 Å². The summed E-state index contributed by atoms with van der Waals surface area (Å²) in [7, 11) is 0. The molecule has 0 unspecified atom stereocenters. The quantitative estimate of drug-likeness (QED) is 0.355. The van der Waals surface area contributed by atoms with Gasteiger partial charge in [0, 0.05) is 0 Å². The van der Waals surface area contributed by atoms with Gasteiger partial charge in [-0.1, -0.05) is 24.3 Å². The lowest BCUT2D eigenvalue weighted by Crippen LogP contribution is -1.96. The SMILES string of the molecule is Cc1c2ccccc2c(C)c2cc3c(cc12)C(=O)OC3=O. The Kier molecular flexibility index (Phi) is 2.25. The van der Waals surface area contributed by atoms with Gasteiger partial charge in [0.25, 0.3) is 0 Å². The van der Waals surface area contributed by atoms with E-state index in [9.17, 15) is 9.59 Å². The van der Waals surface area contributed by atoms with E-state index < -0.39 is 11.9 Å². The maximum absolute atomic E-state index is 11.7. The van der Waals surface area contributed by atoms with Crippen molar-refractivity contribution in [2.24, 2.45) is 0 Å². The van der Waals surface area contributed by atoms with Crippen molar-refractivity contribution in [1.29, 1.82) is 0 Å². The first-order chi connectivity index (χ1) is 10.1. The van der Waals surface area contributed by atoms with Crippen molar-refractivity contribution >= 4 is 33.5 Å². The van der Waals surface area contributed by atoms with Crippen molar-refractivity contribution in [2.75, 3.05) is 0 Å². The number of carbonyl (C=O) groups excluding carboxylic acids is 2. The van der Waals surface area contributed by atoms with Crippen LogP contribution in [0.4, 0.5) is 0 Å².